The van der Waals surface area contributed by atoms with Crippen molar-refractivity contribution in [3.63, 3.8) is 0 Å². The standard InChI is InChI=1S/C9H17N3O4/c1-2-5(10)3-8(14)12-6(9(15)16)4-7(11)13/h5-6H,2-4,10H2,1H3,(H2,11,13)(H,12,14)(H,15,16)/t5?,6-/m0/s1. The molecular formula is C9H17N3O4. The molecule has 0 heterocycles. The lowest BCUT2D eigenvalue weighted by Crippen LogP contribution is -2.44. The van der Waals surface area contributed by atoms with Gasteiger partial charge in [-0.1, -0.05) is 6.92 Å². The minimum Gasteiger partial charge on any atom is -0.480 e. The van der Waals surface area contributed by atoms with E-state index in [0.29, 0.717) is 6.42 Å². The van der Waals surface area contributed by atoms with E-state index in [0.717, 1.165) is 0 Å². The number of primary amides is 1. The Morgan fingerprint density at radius 2 is 1.88 bits per heavy atom. The van der Waals surface area contributed by atoms with Gasteiger partial charge in [-0.05, 0) is 6.42 Å². The van der Waals surface area contributed by atoms with Crippen LogP contribution in [0.5, 0.6) is 0 Å². The number of nitrogens with one attached hydrogen (secondary N) is 1. The third-order valence-electron chi connectivity index (χ3n) is 2.01. The summed E-state index contributed by atoms with van der Waals surface area (Å²) < 4.78 is 0. The van der Waals surface area contributed by atoms with Crippen LogP contribution in [0, 0.1) is 0 Å². The molecule has 2 atom stereocenters. The van der Waals surface area contributed by atoms with Gasteiger partial charge in [-0.2, -0.15) is 0 Å². The van der Waals surface area contributed by atoms with Crippen molar-refractivity contribution in [1.82, 2.24) is 5.32 Å². The fraction of sp³-hybridized carbons (Fsp3) is 0.667. The molecule has 6 N–H and O–H groups in total. The van der Waals surface area contributed by atoms with Crippen LogP contribution >= 0.6 is 0 Å². The summed E-state index contributed by atoms with van der Waals surface area (Å²) in [7, 11) is 0. The lowest BCUT2D eigenvalue weighted by molar-refractivity contribution is -0.143. The Morgan fingerprint density at radius 3 is 2.25 bits per heavy atom. The summed E-state index contributed by atoms with van der Waals surface area (Å²) in [6, 6.07) is -1.60. The minimum absolute atomic E-state index is 0.0268. The van der Waals surface area contributed by atoms with Crippen LogP contribution in [0.25, 0.3) is 0 Å². The van der Waals surface area contributed by atoms with Crippen LogP contribution in [0.1, 0.15) is 26.2 Å². The van der Waals surface area contributed by atoms with Crippen molar-refractivity contribution in [3.05, 3.63) is 0 Å². The Labute approximate surface area is 93.2 Å². The number of carboxylic acid groups (broad SMARTS) is 1. The highest BCUT2D eigenvalue weighted by molar-refractivity contribution is 5.88. The summed E-state index contributed by atoms with van der Waals surface area (Å²) in [5, 5.41) is 10.9. The largest absolute Gasteiger partial charge is 0.480 e. The first kappa shape index (κ1) is 14.4. The van der Waals surface area contributed by atoms with Gasteiger partial charge in [0.2, 0.25) is 11.8 Å². The second-order valence-corrected chi connectivity index (χ2v) is 3.50. The van der Waals surface area contributed by atoms with Crippen LogP contribution in [0.15, 0.2) is 0 Å². The van der Waals surface area contributed by atoms with Gasteiger partial charge >= 0.3 is 5.97 Å². The molecule has 0 radical (unpaired) electrons. The second kappa shape index (κ2) is 6.78. The van der Waals surface area contributed by atoms with Crippen molar-refractivity contribution in [2.45, 2.75) is 38.3 Å². The maximum absolute atomic E-state index is 11.3. The van der Waals surface area contributed by atoms with E-state index >= 15 is 0 Å². The number of hydrogen-bond donors (Lipinski definition) is 4. The topological polar surface area (TPSA) is 136 Å². The normalized spacial score (nSPS) is 13.9. The number of carbonyl (C=O) groups is 3. The molecule has 0 aliphatic rings. The summed E-state index contributed by atoms with van der Waals surface area (Å²) in [5.74, 6) is -2.58. The number of hydrogen-bond acceptors (Lipinski definition) is 4. The van der Waals surface area contributed by atoms with E-state index in [1.54, 1.807) is 0 Å². The third kappa shape index (κ3) is 5.97. The van der Waals surface area contributed by atoms with E-state index in [2.05, 4.69) is 5.32 Å². The molecule has 0 fully saturated rings. The fourth-order valence-corrected chi connectivity index (χ4v) is 1.04. The van der Waals surface area contributed by atoms with E-state index < -0.39 is 30.2 Å². The number of aliphatic carboxylic acids is 1. The Hall–Kier alpha value is -1.63. The van der Waals surface area contributed by atoms with Crippen LogP contribution in [-0.2, 0) is 14.4 Å². The Morgan fingerprint density at radius 1 is 1.31 bits per heavy atom. The van der Waals surface area contributed by atoms with Gasteiger partial charge in [0, 0.05) is 12.5 Å². The molecule has 0 aromatic heterocycles. The Bertz CT molecular complexity index is 280. The second-order valence-electron chi connectivity index (χ2n) is 3.50. The number of amides is 2. The molecule has 0 aromatic carbocycles. The zero-order valence-corrected chi connectivity index (χ0v) is 9.10. The van der Waals surface area contributed by atoms with Gasteiger partial charge in [0.05, 0.1) is 6.42 Å². The van der Waals surface area contributed by atoms with Crippen LogP contribution < -0.4 is 16.8 Å². The first-order valence-corrected chi connectivity index (χ1v) is 4.92. The number of carbonyl (C=O) groups excluding carboxylic acids is 2. The monoisotopic (exact) mass is 231 g/mol. The lowest BCUT2D eigenvalue weighted by Gasteiger charge is -2.14. The minimum atomic E-state index is -1.29. The zero-order chi connectivity index (χ0) is 12.7. The van der Waals surface area contributed by atoms with E-state index in [9.17, 15) is 14.4 Å². The molecule has 0 saturated heterocycles. The van der Waals surface area contributed by atoms with Gasteiger partial charge in [0.15, 0.2) is 0 Å². The van der Waals surface area contributed by atoms with Crippen LogP contribution in [-0.4, -0.2) is 35.0 Å². The van der Waals surface area contributed by atoms with Gasteiger partial charge in [0.25, 0.3) is 0 Å². The van der Waals surface area contributed by atoms with Crippen molar-refractivity contribution in [2.24, 2.45) is 11.5 Å². The van der Waals surface area contributed by atoms with Crippen molar-refractivity contribution in [3.8, 4) is 0 Å². The molecule has 0 bridgehead atoms. The SMILES string of the molecule is CCC(N)CC(=O)N[C@@H](CC(N)=O)C(=O)O. The van der Waals surface area contributed by atoms with Gasteiger partial charge in [-0.3, -0.25) is 9.59 Å². The maximum Gasteiger partial charge on any atom is 0.326 e. The quantitative estimate of drug-likeness (QED) is 0.425. The van der Waals surface area contributed by atoms with Crippen molar-refractivity contribution in [1.29, 1.82) is 0 Å². The average Bonchev–Trinajstić information content (AvgIpc) is 2.15. The summed E-state index contributed by atoms with van der Waals surface area (Å²) >= 11 is 0. The molecule has 7 nitrogen and oxygen atoms in total. The molecule has 0 rings (SSSR count). The van der Waals surface area contributed by atoms with Crippen molar-refractivity contribution < 1.29 is 19.5 Å². The molecule has 2 amide bonds. The molecule has 0 aliphatic carbocycles. The summed E-state index contributed by atoms with van der Waals surface area (Å²) in [6.45, 7) is 1.82. The average molecular weight is 231 g/mol. The lowest BCUT2D eigenvalue weighted by atomic mass is 10.1. The molecule has 16 heavy (non-hydrogen) atoms. The molecule has 92 valence electrons. The number of rotatable bonds is 7. The predicted molar refractivity (Wildman–Crippen MR) is 56.3 cm³/mol. The summed E-state index contributed by atoms with van der Waals surface area (Å²) in [5.41, 5.74) is 10.4. The van der Waals surface area contributed by atoms with Crippen molar-refractivity contribution >= 4 is 17.8 Å². The first-order chi connectivity index (χ1) is 7.36. The van der Waals surface area contributed by atoms with Gasteiger partial charge < -0.3 is 21.9 Å². The van der Waals surface area contributed by atoms with Crippen molar-refractivity contribution in [2.75, 3.05) is 0 Å². The number of carboxylic acids is 1. The van der Waals surface area contributed by atoms with E-state index in [1.807, 2.05) is 6.92 Å². The molecule has 0 saturated carbocycles. The zero-order valence-electron chi connectivity index (χ0n) is 9.10. The summed E-state index contributed by atoms with van der Waals surface area (Å²) in [4.78, 5) is 32.5. The third-order valence-corrected chi connectivity index (χ3v) is 2.01. The molecule has 7 heteroatoms. The molecule has 0 aliphatic heterocycles. The smallest absolute Gasteiger partial charge is 0.326 e. The highest BCUT2D eigenvalue weighted by Gasteiger charge is 2.22. The first-order valence-electron chi connectivity index (χ1n) is 4.92. The highest BCUT2D eigenvalue weighted by atomic mass is 16.4. The van der Waals surface area contributed by atoms with Gasteiger partial charge in [-0.15, -0.1) is 0 Å². The van der Waals surface area contributed by atoms with Gasteiger partial charge in [-0.25, -0.2) is 4.79 Å². The van der Waals surface area contributed by atoms with E-state index in [-0.39, 0.29) is 12.5 Å². The molecule has 1 unspecified atom stereocenters. The van der Waals surface area contributed by atoms with E-state index in [4.69, 9.17) is 16.6 Å². The molecule has 0 spiro atoms. The summed E-state index contributed by atoms with van der Waals surface area (Å²) in [6.07, 6.45) is 0.211. The molecule has 0 aromatic rings. The number of nitrogens with two attached hydrogens (primary N) is 2. The van der Waals surface area contributed by atoms with Gasteiger partial charge in [0.1, 0.15) is 6.04 Å². The Balaban J connectivity index is 4.24. The van der Waals surface area contributed by atoms with Crippen LogP contribution in [0.3, 0.4) is 0 Å². The maximum atomic E-state index is 11.3. The van der Waals surface area contributed by atoms with E-state index in [1.165, 1.54) is 0 Å². The predicted octanol–water partition coefficient (Wildman–Crippen LogP) is -1.44. The molecular weight excluding hydrogens is 214 g/mol. The van der Waals surface area contributed by atoms with Crippen LogP contribution in [0.2, 0.25) is 0 Å². The highest BCUT2D eigenvalue weighted by Crippen LogP contribution is 1.97. The van der Waals surface area contributed by atoms with Crippen LogP contribution in [0.4, 0.5) is 0 Å². The Kier molecular flexibility index (Phi) is 6.09. The fourth-order valence-electron chi connectivity index (χ4n) is 1.04.